The van der Waals surface area contributed by atoms with E-state index in [0.29, 0.717) is 38.0 Å². The second kappa shape index (κ2) is 6.43. The van der Waals surface area contributed by atoms with Crippen LogP contribution >= 0.6 is 0 Å². The summed E-state index contributed by atoms with van der Waals surface area (Å²) >= 11 is 0. The summed E-state index contributed by atoms with van der Waals surface area (Å²) in [6.45, 7) is 0.553. The zero-order chi connectivity index (χ0) is 17.2. The van der Waals surface area contributed by atoms with Gasteiger partial charge < -0.3 is 5.32 Å². The van der Waals surface area contributed by atoms with E-state index in [1.165, 1.54) is 0 Å². The Balaban J connectivity index is 1.47. The number of hydrogen-bond acceptors (Lipinski definition) is 5. The summed E-state index contributed by atoms with van der Waals surface area (Å²) in [6, 6.07) is 1.29. The minimum absolute atomic E-state index is 0.120. The number of carbonyl (C=O) groups is 2. The first-order chi connectivity index (χ1) is 11.5. The van der Waals surface area contributed by atoms with Gasteiger partial charge in [0.2, 0.25) is 5.91 Å². The summed E-state index contributed by atoms with van der Waals surface area (Å²) in [5.74, 6) is 2.89. The fraction of sp³-hybridized carbons (Fsp3) is 0.562. The zero-order valence-electron chi connectivity index (χ0n) is 13.6. The van der Waals surface area contributed by atoms with Gasteiger partial charge in [0.15, 0.2) is 11.5 Å². The van der Waals surface area contributed by atoms with Gasteiger partial charge in [0.1, 0.15) is 6.04 Å². The van der Waals surface area contributed by atoms with Crippen molar-refractivity contribution in [2.24, 2.45) is 17.3 Å². The molecule has 2 amide bonds. The van der Waals surface area contributed by atoms with Crippen molar-refractivity contribution in [1.82, 2.24) is 15.1 Å². The molecule has 1 fully saturated rings. The summed E-state index contributed by atoms with van der Waals surface area (Å²) in [7, 11) is 1.80. The van der Waals surface area contributed by atoms with Gasteiger partial charge in [-0.2, -0.15) is 15.3 Å². The number of nitrogens with one attached hydrogen (secondary N) is 1. The van der Waals surface area contributed by atoms with E-state index < -0.39 is 11.7 Å². The van der Waals surface area contributed by atoms with E-state index in [0.717, 1.165) is 0 Å². The molecular formula is C16H20N6O2. The quantitative estimate of drug-likeness (QED) is 0.757. The molecule has 1 N–H and O–H groups in total. The van der Waals surface area contributed by atoms with E-state index in [1.807, 2.05) is 0 Å². The largest absolute Gasteiger partial charge is 0.344 e. The first-order valence-corrected chi connectivity index (χ1v) is 8.01. The number of hydrogen-bond donors (Lipinski definition) is 1. The molecule has 1 atom stereocenters. The monoisotopic (exact) mass is 328 g/mol. The van der Waals surface area contributed by atoms with E-state index >= 15 is 0 Å². The number of aromatic nitrogens is 2. The maximum absolute atomic E-state index is 12.4. The summed E-state index contributed by atoms with van der Waals surface area (Å²) < 4.78 is 1.65. The first-order valence-electron chi connectivity index (χ1n) is 8.01. The van der Waals surface area contributed by atoms with Crippen LogP contribution in [0.3, 0.4) is 0 Å². The highest BCUT2D eigenvalue weighted by Crippen LogP contribution is 2.37. The Kier molecular flexibility index (Phi) is 4.34. The van der Waals surface area contributed by atoms with E-state index in [2.05, 4.69) is 26.6 Å². The molecule has 8 nitrogen and oxygen atoms in total. The molecule has 0 saturated carbocycles. The summed E-state index contributed by atoms with van der Waals surface area (Å²) in [5.41, 5.74) is -0.469. The summed E-state index contributed by atoms with van der Waals surface area (Å²) in [6.07, 6.45) is 9.69. The van der Waals surface area contributed by atoms with Gasteiger partial charge in [0.05, 0.1) is 0 Å². The van der Waals surface area contributed by atoms with Crippen molar-refractivity contribution >= 4 is 17.6 Å². The molecule has 3 heterocycles. The molecule has 1 saturated heterocycles. The molecule has 1 aromatic heterocycles. The van der Waals surface area contributed by atoms with E-state index in [4.69, 9.17) is 6.42 Å². The lowest BCUT2D eigenvalue weighted by molar-refractivity contribution is -0.126. The topological polar surface area (TPSA) is 92.0 Å². The SMILES string of the molecule is C#CCCC1(CCC(=O)NC2CCN(c3ccn(C)n3)C2=O)N=N1. The highest BCUT2D eigenvalue weighted by atomic mass is 16.2. The van der Waals surface area contributed by atoms with Crippen LogP contribution in [0.15, 0.2) is 22.5 Å². The summed E-state index contributed by atoms with van der Waals surface area (Å²) in [5, 5.41) is 15.0. The van der Waals surface area contributed by atoms with Crippen LogP contribution in [0, 0.1) is 12.3 Å². The van der Waals surface area contributed by atoms with Crippen molar-refractivity contribution < 1.29 is 9.59 Å². The number of amides is 2. The van der Waals surface area contributed by atoms with Crippen molar-refractivity contribution in [3.05, 3.63) is 12.3 Å². The fourth-order valence-corrected chi connectivity index (χ4v) is 2.84. The molecule has 24 heavy (non-hydrogen) atoms. The van der Waals surface area contributed by atoms with Crippen LogP contribution in [-0.2, 0) is 16.6 Å². The van der Waals surface area contributed by atoms with Gasteiger partial charge in [0, 0.05) is 51.5 Å². The second-order valence-corrected chi connectivity index (χ2v) is 6.13. The molecule has 2 aliphatic heterocycles. The van der Waals surface area contributed by atoms with Crippen LogP contribution < -0.4 is 10.2 Å². The molecule has 8 heteroatoms. The Morgan fingerprint density at radius 3 is 2.92 bits per heavy atom. The minimum Gasteiger partial charge on any atom is -0.344 e. The molecule has 0 aliphatic carbocycles. The van der Waals surface area contributed by atoms with Crippen LogP contribution in [0.1, 0.15) is 32.1 Å². The van der Waals surface area contributed by atoms with Crippen LogP contribution in [0.2, 0.25) is 0 Å². The predicted octanol–water partition coefficient (Wildman–Crippen LogP) is 0.997. The lowest BCUT2D eigenvalue weighted by Crippen LogP contribution is -2.41. The average Bonchev–Trinajstić information content (AvgIpc) is 3.08. The maximum atomic E-state index is 12.4. The molecule has 2 aliphatic rings. The maximum Gasteiger partial charge on any atom is 0.250 e. The molecule has 0 aromatic carbocycles. The third kappa shape index (κ3) is 3.45. The number of terminal acetylenes is 1. The normalized spacial score (nSPS) is 20.9. The van der Waals surface area contributed by atoms with Crippen LogP contribution in [0.25, 0.3) is 0 Å². The van der Waals surface area contributed by atoms with Crippen LogP contribution in [0.5, 0.6) is 0 Å². The highest BCUT2D eigenvalue weighted by molar-refractivity contribution is 6.00. The van der Waals surface area contributed by atoms with Gasteiger partial charge in [-0.15, -0.1) is 12.3 Å². The third-order valence-electron chi connectivity index (χ3n) is 4.32. The van der Waals surface area contributed by atoms with Crippen molar-refractivity contribution in [2.75, 3.05) is 11.4 Å². The van der Waals surface area contributed by atoms with Gasteiger partial charge in [-0.3, -0.25) is 19.2 Å². The number of anilines is 1. The third-order valence-corrected chi connectivity index (χ3v) is 4.32. The van der Waals surface area contributed by atoms with Crippen LogP contribution in [0.4, 0.5) is 5.82 Å². The van der Waals surface area contributed by atoms with Crippen molar-refractivity contribution in [3.8, 4) is 12.3 Å². The predicted molar refractivity (Wildman–Crippen MR) is 87.0 cm³/mol. The van der Waals surface area contributed by atoms with Gasteiger partial charge >= 0.3 is 0 Å². The molecular weight excluding hydrogens is 308 g/mol. The Hall–Kier alpha value is -2.69. The Morgan fingerprint density at radius 2 is 2.29 bits per heavy atom. The first kappa shape index (κ1) is 16.2. The van der Waals surface area contributed by atoms with E-state index in [9.17, 15) is 9.59 Å². The lowest BCUT2D eigenvalue weighted by Gasteiger charge is -2.15. The van der Waals surface area contributed by atoms with Crippen LogP contribution in [-0.4, -0.2) is 39.8 Å². The van der Waals surface area contributed by atoms with Crippen molar-refractivity contribution in [1.29, 1.82) is 0 Å². The molecule has 3 rings (SSSR count). The lowest BCUT2D eigenvalue weighted by atomic mass is 10.0. The standard InChI is InChI=1S/C16H20N6O2/c1-3-4-8-16(19-20-16)9-5-14(23)17-12-6-11-22(15(12)24)13-7-10-21(2)18-13/h1,7,10,12H,4-6,8-9,11H2,2H3,(H,17,23). The highest BCUT2D eigenvalue weighted by Gasteiger charge is 2.40. The van der Waals surface area contributed by atoms with Gasteiger partial charge in [-0.25, -0.2) is 0 Å². The molecule has 0 spiro atoms. The average molecular weight is 328 g/mol. The van der Waals surface area contributed by atoms with Crippen molar-refractivity contribution in [2.45, 2.75) is 43.8 Å². The van der Waals surface area contributed by atoms with E-state index in [-0.39, 0.29) is 18.2 Å². The van der Waals surface area contributed by atoms with Gasteiger partial charge in [-0.1, -0.05) is 0 Å². The number of rotatable bonds is 7. The van der Waals surface area contributed by atoms with E-state index in [1.54, 1.807) is 28.9 Å². The Morgan fingerprint density at radius 1 is 1.50 bits per heavy atom. The minimum atomic E-state index is -0.491. The molecule has 1 aromatic rings. The molecule has 126 valence electrons. The molecule has 1 unspecified atom stereocenters. The van der Waals surface area contributed by atoms with Gasteiger partial charge in [0.25, 0.3) is 5.91 Å². The summed E-state index contributed by atoms with van der Waals surface area (Å²) in [4.78, 5) is 26.1. The molecule has 0 radical (unpaired) electrons. The fourth-order valence-electron chi connectivity index (χ4n) is 2.84. The number of aryl methyl sites for hydroxylation is 1. The van der Waals surface area contributed by atoms with Gasteiger partial charge in [-0.05, 0) is 6.42 Å². The number of carbonyl (C=O) groups excluding carboxylic acids is 2. The zero-order valence-corrected chi connectivity index (χ0v) is 13.6. The Labute approximate surface area is 140 Å². The number of nitrogens with zero attached hydrogens (tertiary/aromatic N) is 5. The Bertz CT molecular complexity index is 710. The van der Waals surface area contributed by atoms with Crippen molar-refractivity contribution in [3.63, 3.8) is 0 Å². The molecule has 0 bridgehead atoms. The second-order valence-electron chi connectivity index (χ2n) is 6.13. The smallest absolute Gasteiger partial charge is 0.250 e.